The minimum atomic E-state index is -0.0889. The van der Waals surface area contributed by atoms with Crippen molar-refractivity contribution in [1.82, 2.24) is 24.6 Å². The maximum Gasteiger partial charge on any atom is 0.280 e. The highest BCUT2D eigenvalue weighted by Crippen LogP contribution is 2.41. The summed E-state index contributed by atoms with van der Waals surface area (Å²) in [5.74, 6) is 1.59. The lowest BCUT2D eigenvalue weighted by Crippen LogP contribution is -2.33. The Kier molecular flexibility index (Phi) is 4.62. The molecule has 0 aliphatic carbocycles. The third kappa shape index (κ3) is 3.19. The molecule has 0 bridgehead atoms. The number of hydrogen-bond donors (Lipinski definition) is 0. The quantitative estimate of drug-likeness (QED) is 0.667. The molecule has 3 aromatic rings. The lowest BCUT2D eigenvalue weighted by Gasteiger charge is -2.23. The third-order valence-corrected chi connectivity index (χ3v) is 6.36. The molecule has 5 rings (SSSR count). The average molecular weight is 403 g/mol. The molecule has 1 aromatic carbocycles. The van der Waals surface area contributed by atoms with E-state index < -0.39 is 0 Å². The van der Waals surface area contributed by atoms with Gasteiger partial charge in [-0.3, -0.25) is 19.2 Å². The molecule has 0 saturated carbocycles. The molecule has 0 unspecified atom stereocenters. The lowest BCUT2D eigenvalue weighted by molar-refractivity contribution is 0.296. The maximum atomic E-state index is 13.2. The molecule has 154 valence electrons. The number of aromatic nitrogens is 4. The molecule has 1 saturated heterocycles. The summed E-state index contributed by atoms with van der Waals surface area (Å²) in [6.45, 7) is 5.41. The standard InChI is InChI=1S/C23H25N5O2/c1-16-4-3-5-18(24-16)14-27-12-10-23(15-27)11-13-28-21(29)20(25-26-22(23)28)17-6-8-19(30-2)9-7-17/h3-9H,10-15H2,1-2H3/t23-/m0/s1. The first kappa shape index (κ1) is 18.9. The van der Waals surface area contributed by atoms with Gasteiger partial charge in [-0.05, 0) is 62.7 Å². The largest absolute Gasteiger partial charge is 0.497 e. The molecule has 2 aliphatic heterocycles. The van der Waals surface area contributed by atoms with Crippen LogP contribution >= 0.6 is 0 Å². The van der Waals surface area contributed by atoms with E-state index in [0.717, 1.165) is 61.0 Å². The molecule has 2 aromatic heterocycles. The summed E-state index contributed by atoms with van der Waals surface area (Å²) in [6, 6.07) is 13.5. The first-order chi connectivity index (χ1) is 14.6. The predicted molar refractivity (Wildman–Crippen MR) is 113 cm³/mol. The summed E-state index contributed by atoms with van der Waals surface area (Å²) in [5.41, 5.74) is 3.15. The number of hydrogen-bond acceptors (Lipinski definition) is 6. The molecule has 30 heavy (non-hydrogen) atoms. The van der Waals surface area contributed by atoms with E-state index in [1.807, 2.05) is 41.8 Å². The zero-order valence-electron chi connectivity index (χ0n) is 17.3. The van der Waals surface area contributed by atoms with Gasteiger partial charge in [0.05, 0.1) is 12.8 Å². The summed E-state index contributed by atoms with van der Waals surface area (Å²) in [5, 5.41) is 8.93. The van der Waals surface area contributed by atoms with Crippen molar-refractivity contribution in [3.8, 4) is 17.0 Å². The van der Waals surface area contributed by atoms with Crippen molar-refractivity contribution < 1.29 is 4.74 Å². The van der Waals surface area contributed by atoms with Crippen LogP contribution in [0, 0.1) is 6.92 Å². The van der Waals surface area contributed by atoms with Crippen LogP contribution in [0.15, 0.2) is 47.3 Å². The Balaban J connectivity index is 1.41. The summed E-state index contributed by atoms with van der Waals surface area (Å²) >= 11 is 0. The zero-order valence-corrected chi connectivity index (χ0v) is 17.3. The van der Waals surface area contributed by atoms with E-state index >= 15 is 0 Å². The van der Waals surface area contributed by atoms with Crippen LogP contribution in [0.25, 0.3) is 11.3 Å². The molecule has 1 spiro atoms. The summed E-state index contributed by atoms with van der Waals surface area (Å²) in [4.78, 5) is 20.2. The SMILES string of the molecule is COc1ccc(-c2nnc3n(c2=O)CC[C@]32CCN(Cc3cccc(C)n3)C2)cc1. The Labute approximate surface area is 175 Å². The minimum absolute atomic E-state index is 0.0548. The lowest BCUT2D eigenvalue weighted by atomic mass is 9.85. The number of methoxy groups -OCH3 is 1. The molecule has 0 radical (unpaired) electrons. The number of nitrogens with zero attached hydrogens (tertiary/aromatic N) is 5. The van der Waals surface area contributed by atoms with Gasteiger partial charge in [-0.1, -0.05) is 6.07 Å². The van der Waals surface area contributed by atoms with Gasteiger partial charge < -0.3 is 4.74 Å². The van der Waals surface area contributed by atoms with E-state index in [0.29, 0.717) is 12.2 Å². The van der Waals surface area contributed by atoms with Crippen molar-refractivity contribution in [2.24, 2.45) is 0 Å². The van der Waals surface area contributed by atoms with Crippen molar-refractivity contribution in [3.63, 3.8) is 0 Å². The fraction of sp³-hybridized carbons (Fsp3) is 0.391. The van der Waals surface area contributed by atoms with Crippen LogP contribution in [0.1, 0.15) is 30.1 Å². The second kappa shape index (κ2) is 7.32. The topological polar surface area (TPSA) is 73.1 Å². The van der Waals surface area contributed by atoms with Gasteiger partial charge >= 0.3 is 0 Å². The number of ether oxygens (including phenoxy) is 1. The van der Waals surface area contributed by atoms with Crippen molar-refractivity contribution in [1.29, 1.82) is 0 Å². The van der Waals surface area contributed by atoms with E-state index in [1.54, 1.807) is 7.11 Å². The normalized spacial score (nSPS) is 20.6. The number of aryl methyl sites for hydroxylation is 1. The van der Waals surface area contributed by atoms with E-state index in [1.165, 1.54) is 0 Å². The number of likely N-dealkylation sites (tertiary alicyclic amines) is 1. The highest BCUT2D eigenvalue weighted by Gasteiger charge is 2.47. The molecule has 1 fully saturated rings. The molecule has 1 atom stereocenters. The van der Waals surface area contributed by atoms with E-state index in [-0.39, 0.29) is 11.0 Å². The summed E-state index contributed by atoms with van der Waals surface area (Å²) in [7, 11) is 1.62. The third-order valence-electron chi connectivity index (χ3n) is 6.36. The minimum Gasteiger partial charge on any atom is -0.497 e. The molecule has 0 N–H and O–H groups in total. The van der Waals surface area contributed by atoms with Crippen LogP contribution in [-0.2, 0) is 18.5 Å². The van der Waals surface area contributed by atoms with Gasteiger partial charge in [0.1, 0.15) is 11.6 Å². The van der Waals surface area contributed by atoms with E-state index in [4.69, 9.17) is 4.74 Å². The van der Waals surface area contributed by atoms with Gasteiger partial charge in [-0.15, -0.1) is 10.2 Å². The van der Waals surface area contributed by atoms with E-state index in [2.05, 4.69) is 32.2 Å². The highest BCUT2D eigenvalue weighted by molar-refractivity contribution is 5.58. The maximum absolute atomic E-state index is 13.2. The fourth-order valence-corrected chi connectivity index (χ4v) is 4.78. The fourth-order valence-electron chi connectivity index (χ4n) is 4.78. The van der Waals surface area contributed by atoms with Crippen molar-refractivity contribution in [2.75, 3.05) is 20.2 Å². The van der Waals surface area contributed by atoms with Crippen LogP contribution in [-0.4, -0.2) is 44.8 Å². The van der Waals surface area contributed by atoms with E-state index in [9.17, 15) is 4.79 Å². The second-order valence-electron chi connectivity index (χ2n) is 8.32. The molecule has 7 heteroatoms. The number of benzene rings is 1. The van der Waals surface area contributed by atoms with Gasteiger partial charge in [-0.25, -0.2) is 0 Å². The van der Waals surface area contributed by atoms with Gasteiger partial charge in [0, 0.05) is 36.3 Å². The molecule has 7 nitrogen and oxygen atoms in total. The van der Waals surface area contributed by atoms with Gasteiger partial charge in [0.15, 0.2) is 5.69 Å². The van der Waals surface area contributed by atoms with Crippen molar-refractivity contribution in [2.45, 2.75) is 38.3 Å². The second-order valence-corrected chi connectivity index (χ2v) is 8.32. The number of fused-ring (bicyclic) bond motifs is 2. The van der Waals surface area contributed by atoms with Gasteiger partial charge in [0.2, 0.25) is 0 Å². The van der Waals surface area contributed by atoms with Crippen LogP contribution < -0.4 is 10.3 Å². The van der Waals surface area contributed by atoms with Crippen molar-refractivity contribution in [3.05, 3.63) is 70.0 Å². The first-order valence-corrected chi connectivity index (χ1v) is 10.4. The van der Waals surface area contributed by atoms with Crippen LogP contribution in [0.4, 0.5) is 0 Å². The Morgan fingerprint density at radius 1 is 1.07 bits per heavy atom. The zero-order chi connectivity index (χ0) is 20.7. The Morgan fingerprint density at radius 3 is 2.63 bits per heavy atom. The summed E-state index contributed by atoms with van der Waals surface area (Å²) in [6.07, 6.45) is 1.93. The summed E-state index contributed by atoms with van der Waals surface area (Å²) < 4.78 is 7.04. The Bertz CT molecular complexity index is 1140. The average Bonchev–Trinajstić information content (AvgIpc) is 3.33. The molecule has 4 heterocycles. The number of rotatable bonds is 4. The molecule has 2 aliphatic rings. The number of pyridine rings is 1. The Morgan fingerprint density at radius 2 is 1.87 bits per heavy atom. The van der Waals surface area contributed by atoms with Crippen LogP contribution in [0.2, 0.25) is 0 Å². The smallest absolute Gasteiger partial charge is 0.280 e. The first-order valence-electron chi connectivity index (χ1n) is 10.4. The van der Waals surface area contributed by atoms with Crippen molar-refractivity contribution >= 4 is 0 Å². The molecule has 0 amide bonds. The van der Waals surface area contributed by atoms with Crippen LogP contribution in [0.5, 0.6) is 5.75 Å². The van der Waals surface area contributed by atoms with Crippen LogP contribution in [0.3, 0.4) is 0 Å². The molecular weight excluding hydrogens is 378 g/mol. The Hall–Kier alpha value is -3.06. The van der Waals surface area contributed by atoms with Gasteiger partial charge in [0.25, 0.3) is 5.56 Å². The monoisotopic (exact) mass is 403 g/mol. The molecular formula is C23H25N5O2. The highest BCUT2D eigenvalue weighted by atomic mass is 16.5. The van der Waals surface area contributed by atoms with Gasteiger partial charge in [-0.2, -0.15) is 0 Å². The predicted octanol–water partition coefficient (Wildman–Crippen LogP) is 2.56.